The second-order valence-electron chi connectivity index (χ2n) is 4.52. The highest BCUT2D eigenvalue weighted by atomic mass is 16.5. The third kappa shape index (κ3) is 3.93. The summed E-state index contributed by atoms with van der Waals surface area (Å²) in [6.07, 6.45) is 0. The van der Waals surface area contributed by atoms with Crippen LogP contribution in [0.2, 0.25) is 0 Å². The molecule has 106 valence electrons. The standard InChI is InChI=1S/C15H18N2O3/c1-3-19-15(18)11-17(2)10-13-9-14(16-20-13)12-7-5-4-6-8-12/h4-9H,3,10-11H2,1-2H3. The van der Waals surface area contributed by atoms with E-state index in [9.17, 15) is 4.79 Å². The van der Waals surface area contributed by atoms with Gasteiger partial charge in [0.15, 0.2) is 5.76 Å². The Morgan fingerprint density at radius 3 is 2.80 bits per heavy atom. The number of carbonyl (C=O) groups excluding carboxylic acids is 1. The first-order valence-electron chi connectivity index (χ1n) is 6.54. The Balaban J connectivity index is 1.94. The highest BCUT2D eigenvalue weighted by Crippen LogP contribution is 2.19. The third-order valence-electron chi connectivity index (χ3n) is 2.76. The van der Waals surface area contributed by atoms with Crippen molar-refractivity contribution in [3.63, 3.8) is 0 Å². The van der Waals surface area contributed by atoms with E-state index in [1.807, 2.05) is 48.3 Å². The van der Waals surface area contributed by atoms with Crippen molar-refractivity contribution < 1.29 is 14.1 Å². The zero-order valence-electron chi connectivity index (χ0n) is 11.7. The minimum Gasteiger partial charge on any atom is -0.465 e. The van der Waals surface area contributed by atoms with E-state index >= 15 is 0 Å². The minimum atomic E-state index is -0.238. The van der Waals surface area contributed by atoms with Gasteiger partial charge in [-0.05, 0) is 14.0 Å². The maximum Gasteiger partial charge on any atom is 0.320 e. The van der Waals surface area contributed by atoms with Crippen LogP contribution in [0.15, 0.2) is 40.9 Å². The number of nitrogens with zero attached hydrogens (tertiary/aromatic N) is 2. The summed E-state index contributed by atoms with van der Waals surface area (Å²) < 4.78 is 10.2. The second kappa shape index (κ2) is 6.86. The third-order valence-corrected chi connectivity index (χ3v) is 2.76. The summed E-state index contributed by atoms with van der Waals surface area (Å²) in [4.78, 5) is 13.2. The van der Waals surface area contributed by atoms with E-state index < -0.39 is 0 Å². The molecule has 20 heavy (non-hydrogen) atoms. The maximum absolute atomic E-state index is 11.4. The molecule has 0 aliphatic heterocycles. The first kappa shape index (κ1) is 14.3. The first-order chi connectivity index (χ1) is 9.69. The van der Waals surface area contributed by atoms with Crippen LogP contribution in [0, 0.1) is 0 Å². The van der Waals surface area contributed by atoms with Crippen LogP contribution in [0.3, 0.4) is 0 Å². The van der Waals surface area contributed by atoms with E-state index in [-0.39, 0.29) is 12.5 Å². The predicted molar refractivity (Wildman–Crippen MR) is 74.9 cm³/mol. The average Bonchev–Trinajstić information content (AvgIpc) is 2.88. The molecule has 0 saturated carbocycles. The number of hydrogen-bond acceptors (Lipinski definition) is 5. The lowest BCUT2D eigenvalue weighted by Crippen LogP contribution is -2.26. The van der Waals surface area contributed by atoms with Gasteiger partial charge in [0, 0.05) is 11.6 Å². The van der Waals surface area contributed by atoms with Gasteiger partial charge in [-0.25, -0.2) is 0 Å². The summed E-state index contributed by atoms with van der Waals surface area (Å²) in [5.41, 5.74) is 1.81. The molecule has 1 heterocycles. The van der Waals surface area contributed by atoms with Crippen LogP contribution < -0.4 is 0 Å². The molecule has 0 fully saturated rings. The van der Waals surface area contributed by atoms with Gasteiger partial charge in [-0.2, -0.15) is 0 Å². The Hall–Kier alpha value is -2.14. The van der Waals surface area contributed by atoms with E-state index in [1.165, 1.54) is 0 Å². The average molecular weight is 274 g/mol. The number of aromatic nitrogens is 1. The van der Waals surface area contributed by atoms with Crippen LogP contribution in [-0.4, -0.2) is 36.2 Å². The molecule has 5 nitrogen and oxygen atoms in total. The zero-order chi connectivity index (χ0) is 14.4. The Morgan fingerprint density at radius 1 is 1.35 bits per heavy atom. The molecule has 2 rings (SSSR count). The van der Waals surface area contributed by atoms with Gasteiger partial charge in [0.2, 0.25) is 0 Å². The summed E-state index contributed by atoms with van der Waals surface area (Å²) in [6.45, 7) is 2.93. The second-order valence-corrected chi connectivity index (χ2v) is 4.52. The highest BCUT2D eigenvalue weighted by molar-refractivity contribution is 5.71. The molecule has 0 bridgehead atoms. The molecule has 1 aromatic heterocycles. The van der Waals surface area contributed by atoms with Crippen molar-refractivity contribution in [3.8, 4) is 11.3 Å². The number of hydrogen-bond donors (Lipinski definition) is 0. The van der Waals surface area contributed by atoms with E-state index in [0.29, 0.717) is 13.2 Å². The molecule has 0 amide bonds. The Labute approximate surface area is 118 Å². The lowest BCUT2D eigenvalue weighted by molar-refractivity contribution is -0.144. The van der Waals surface area contributed by atoms with E-state index in [4.69, 9.17) is 9.26 Å². The Kier molecular flexibility index (Phi) is 4.90. The van der Waals surface area contributed by atoms with Gasteiger partial charge in [0.1, 0.15) is 5.69 Å². The van der Waals surface area contributed by atoms with Gasteiger partial charge >= 0.3 is 5.97 Å². The quantitative estimate of drug-likeness (QED) is 0.757. The Morgan fingerprint density at radius 2 is 2.10 bits per heavy atom. The van der Waals surface area contributed by atoms with Crippen LogP contribution in [0.5, 0.6) is 0 Å². The van der Waals surface area contributed by atoms with Crippen LogP contribution in [0.4, 0.5) is 0 Å². The van der Waals surface area contributed by atoms with Crippen molar-refractivity contribution in [1.82, 2.24) is 10.1 Å². The van der Waals surface area contributed by atoms with Crippen molar-refractivity contribution in [3.05, 3.63) is 42.2 Å². The summed E-state index contributed by atoms with van der Waals surface area (Å²) in [5.74, 6) is 0.480. The molecular formula is C15H18N2O3. The number of ether oxygens (including phenoxy) is 1. The molecule has 0 atom stereocenters. The van der Waals surface area contributed by atoms with E-state index in [2.05, 4.69) is 5.16 Å². The maximum atomic E-state index is 11.4. The van der Waals surface area contributed by atoms with Gasteiger partial charge < -0.3 is 9.26 Å². The van der Waals surface area contributed by atoms with Gasteiger partial charge in [0.05, 0.1) is 19.7 Å². The lowest BCUT2D eigenvalue weighted by atomic mass is 10.1. The van der Waals surface area contributed by atoms with E-state index in [1.54, 1.807) is 6.92 Å². The van der Waals surface area contributed by atoms with Crippen molar-refractivity contribution in [2.24, 2.45) is 0 Å². The molecular weight excluding hydrogens is 256 g/mol. The summed E-state index contributed by atoms with van der Waals surface area (Å²) >= 11 is 0. The Bertz CT molecular complexity index is 551. The zero-order valence-corrected chi connectivity index (χ0v) is 11.7. The summed E-state index contributed by atoms with van der Waals surface area (Å²) in [6, 6.07) is 11.7. The first-order valence-corrected chi connectivity index (χ1v) is 6.54. The van der Waals surface area contributed by atoms with Crippen molar-refractivity contribution >= 4 is 5.97 Å². The number of benzene rings is 1. The van der Waals surface area contributed by atoms with Crippen molar-refractivity contribution in [2.75, 3.05) is 20.2 Å². The SMILES string of the molecule is CCOC(=O)CN(C)Cc1cc(-c2ccccc2)no1. The molecule has 0 radical (unpaired) electrons. The van der Waals surface area contributed by atoms with E-state index in [0.717, 1.165) is 17.0 Å². The summed E-state index contributed by atoms with van der Waals surface area (Å²) in [7, 11) is 1.83. The van der Waals surface area contributed by atoms with Gasteiger partial charge in [-0.1, -0.05) is 35.5 Å². The number of esters is 1. The molecule has 1 aromatic carbocycles. The van der Waals surface area contributed by atoms with Crippen LogP contribution >= 0.6 is 0 Å². The van der Waals surface area contributed by atoms with Crippen LogP contribution in [0.1, 0.15) is 12.7 Å². The fraction of sp³-hybridized carbons (Fsp3) is 0.333. The largest absolute Gasteiger partial charge is 0.465 e. The van der Waals surface area contributed by atoms with Crippen LogP contribution in [-0.2, 0) is 16.1 Å². The molecule has 0 spiro atoms. The smallest absolute Gasteiger partial charge is 0.320 e. The number of likely N-dealkylation sites (N-methyl/N-ethyl adjacent to an activating group) is 1. The normalized spacial score (nSPS) is 10.8. The fourth-order valence-electron chi connectivity index (χ4n) is 1.88. The number of carbonyl (C=O) groups is 1. The molecule has 0 saturated heterocycles. The molecule has 0 N–H and O–H groups in total. The van der Waals surface area contributed by atoms with Gasteiger partial charge in [0.25, 0.3) is 0 Å². The van der Waals surface area contributed by atoms with Crippen LogP contribution in [0.25, 0.3) is 11.3 Å². The molecule has 5 heteroatoms. The predicted octanol–water partition coefficient (Wildman–Crippen LogP) is 2.34. The highest BCUT2D eigenvalue weighted by Gasteiger charge is 2.11. The van der Waals surface area contributed by atoms with Gasteiger partial charge in [-0.3, -0.25) is 9.69 Å². The molecule has 0 aliphatic carbocycles. The summed E-state index contributed by atoms with van der Waals surface area (Å²) in [5, 5.41) is 4.04. The fourth-order valence-corrected chi connectivity index (χ4v) is 1.88. The van der Waals surface area contributed by atoms with Crippen molar-refractivity contribution in [2.45, 2.75) is 13.5 Å². The minimum absolute atomic E-state index is 0.231. The molecule has 0 unspecified atom stereocenters. The lowest BCUT2D eigenvalue weighted by Gasteiger charge is -2.12. The molecule has 2 aromatic rings. The van der Waals surface area contributed by atoms with Gasteiger partial charge in [-0.15, -0.1) is 0 Å². The van der Waals surface area contributed by atoms with Crippen molar-refractivity contribution in [1.29, 1.82) is 0 Å². The topological polar surface area (TPSA) is 55.6 Å². The number of rotatable bonds is 6. The molecule has 0 aliphatic rings. The monoisotopic (exact) mass is 274 g/mol.